The van der Waals surface area contributed by atoms with Crippen molar-refractivity contribution in [1.82, 2.24) is 14.8 Å². The van der Waals surface area contributed by atoms with Gasteiger partial charge < -0.3 is 19.3 Å². The summed E-state index contributed by atoms with van der Waals surface area (Å²) in [5.41, 5.74) is 0.953. The predicted octanol–water partition coefficient (Wildman–Crippen LogP) is 4.21. The second-order valence-corrected chi connectivity index (χ2v) is 8.02. The first-order valence-electron chi connectivity index (χ1n) is 11.1. The fourth-order valence-corrected chi connectivity index (χ4v) is 3.95. The van der Waals surface area contributed by atoms with Gasteiger partial charge in [-0.15, -0.1) is 0 Å². The molecular formula is C24H32N4O2. The molecule has 6 heteroatoms. The minimum absolute atomic E-state index is 0.585. The summed E-state index contributed by atoms with van der Waals surface area (Å²) in [6, 6.07) is 11.9. The fourth-order valence-electron chi connectivity index (χ4n) is 3.95. The van der Waals surface area contributed by atoms with Gasteiger partial charge in [0.25, 0.3) is 0 Å². The van der Waals surface area contributed by atoms with E-state index in [4.69, 9.17) is 14.5 Å². The first-order valence-corrected chi connectivity index (χ1v) is 11.1. The van der Waals surface area contributed by atoms with E-state index in [9.17, 15) is 0 Å². The quantitative estimate of drug-likeness (QED) is 0.654. The molecule has 2 aliphatic rings. The van der Waals surface area contributed by atoms with Crippen LogP contribution in [0.2, 0.25) is 0 Å². The van der Waals surface area contributed by atoms with Crippen LogP contribution in [0.4, 0.5) is 0 Å². The third-order valence-corrected chi connectivity index (χ3v) is 5.66. The van der Waals surface area contributed by atoms with Gasteiger partial charge in [0.2, 0.25) is 5.88 Å². The van der Waals surface area contributed by atoms with Gasteiger partial charge in [0.1, 0.15) is 5.84 Å². The molecule has 0 unspecified atom stereocenters. The fraction of sp³-hybridized carbons (Fsp3) is 0.500. The van der Waals surface area contributed by atoms with Crippen LogP contribution in [-0.4, -0.2) is 67.0 Å². The van der Waals surface area contributed by atoms with E-state index < -0.39 is 0 Å². The van der Waals surface area contributed by atoms with Crippen molar-refractivity contribution in [3.8, 4) is 17.4 Å². The lowest BCUT2D eigenvalue weighted by Gasteiger charge is -2.26. The van der Waals surface area contributed by atoms with Gasteiger partial charge in [-0.1, -0.05) is 18.6 Å². The Kier molecular flexibility index (Phi) is 7.19. The number of pyridine rings is 1. The largest absolute Gasteiger partial charge is 0.490 e. The van der Waals surface area contributed by atoms with Crippen LogP contribution in [0, 0.1) is 0 Å². The van der Waals surface area contributed by atoms with E-state index in [1.54, 1.807) is 6.20 Å². The van der Waals surface area contributed by atoms with Crippen molar-refractivity contribution in [2.24, 2.45) is 4.99 Å². The van der Waals surface area contributed by atoms with Crippen LogP contribution < -0.4 is 9.47 Å². The Labute approximate surface area is 179 Å². The summed E-state index contributed by atoms with van der Waals surface area (Å²) >= 11 is 0. The number of aromatic nitrogens is 1. The van der Waals surface area contributed by atoms with E-state index in [-0.39, 0.29) is 0 Å². The van der Waals surface area contributed by atoms with Gasteiger partial charge in [-0.05, 0) is 63.5 Å². The maximum Gasteiger partial charge on any atom is 0.230 e. The van der Waals surface area contributed by atoms with Gasteiger partial charge in [-0.25, -0.2) is 4.98 Å². The molecule has 0 N–H and O–H groups in total. The lowest BCUT2D eigenvalue weighted by atomic mass is 10.2. The van der Waals surface area contributed by atoms with Gasteiger partial charge in [-0.2, -0.15) is 0 Å². The Balaban J connectivity index is 1.70. The van der Waals surface area contributed by atoms with Crippen molar-refractivity contribution in [3.63, 3.8) is 0 Å². The molecule has 2 aliphatic heterocycles. The first kappa shape index (κ1) is 20.7. The van der Waals surface area contributed by atoms with Crippen molar-refractivity contribution < 1.29 is 9.47 Å². The Bertz CT molecular complexity index is 855. The summed E-state index contributed by atoms with van der Waals surface area (Å²) in [4.78, 5) is 14.4. The number of amidine groups is 1. The minimum atomic E-state index is 0.585. The van der Waals surface area contributed by atoms with Crippen LogP contribution in [0.1, 0.15) is 37.7 Å². The number of hydrogen-bond donors (Lipinski definition) is 0. The molecule has 1 fully saturated rings. The number of ether oxygens (including phenoxy) is 2. The molecule has 0 spiro atoms. The Hall–Kier alpha value is -2.60. The lowest BCUT2D eigenvalue weighted by molar-refractivity contribution is 0.290. The number of nitrogens with zero attached hydrogens (tertiary/aromatic N) is 4. The van der Waals surface area contributed by atoms with Crippen LogP contribution >= 0.6 is 0 Å². The number of benzene rings is 1. The SMILES string of the molecule is CN1CCCN(C2=NCCCCCCOc3ccccc3Oc3ncccc32)CC1. The molecule has 160 valence electrons. The van der Waals surface area contributed by atoms with Gasteiger partial charge in [0.15, 0.2) is 11.5 Å². The molecule has 1 saturated heterocycles. The molecule has 3 heterocycles. The summed E-state index contributed by atoms with van der Waals surface area (Å²) < 4.78 is 12.3. The maximum absolute atomic E-state index is 6.31. The predicted molar refractivity (Wildman–Crippen MR) is 120 cm³/mol. The summed E-state index contributed by atoms with van der Waals surface area (Å²) in [6.45, 7) is 5.64. The van der Waals surface area contributed by atoms with Crippen LogP contribution in [0.5, 0.6) is 17.4 Å². The topological polar surface area (TPSA) is 50.2 Å². The van der Waals surface area contributed by atoms with Gasteiger partial charge >= 0.3 is 0 Å². The number of para-hydroxylation sites is 2. The second-order valence-electron chi connectivity index (χ2n) is 8.02. The highest BCUT2D eigenvalue weighted by molar-refractivity contribution is 6.00. The molecule has 6 nitrogen and oxygen atoms in total. The number of hydrogen-bond acceptors (Lipinski definition) is 6. The van der Waals surface area contributed by atoms with Crippen molar-refractivity contribution in [2.45, 2.75) is 32.1 Å². The zero-order chi connectivity index (χ0) is 20.6. The van der Waals surface area contributed by atoms with E-state index in [1.807, 2.05) is 30.3 Å². The average molecular weight is 409 g/mol. The van der Waals surface area contributed by atoms with Gasteiger partial charge in [-0.3, -0.25) is 4.99 Å². The number of fused-ring (bicyclic) bond motifs is 2. The third-order valence-electron chi connectivity index (χ3n) is 5.66. The first-order chi connectivity index (χ1) is 14.8. The molecule has 0 saturated carbocycles. The average Bonchev–Trinajstić information content (AvgIpc) is 2.98. The van der Waals surface area contributed by atoms with E-state index in [0.717, 1.165) is 75.6 Å². The zero-order valence-corrected chi connectivity index (χ0v) is 17.9. The highest BCUT2D eigenvalue weighted by Gasteiger charge is 2.22. The van der Waals surface area contributed by atoms with Crippen molar-refractivity contribution >= 4 is 5.84 Å². The van der Waals surface area contributed by atoms with Gasteiger partial charge in [0, 0.05) is 32.4 Å². The molecule has 2 aromatic rings. The van der Waals surface area contributed by atoms with Crippen molar-refractivity contribution in [2.75, 3.05) is 46.4 Å². The summed E-state index contributed by atoms with van der Waals surface area (Å²) in [7, 11) is 2.19. The zero-order valence-electron chi connectivity index (χ0n) is 17.9. The van der Waals surface area contributed by atoms with Crippen LogP contribution in [-0.2, 0) is 0 Å². The molecular weight excluding hydrogens is 376 g/mol. The lowest BCUT2D eigenvalue weighted by Crippen LogP contribution is -2.35. The Morgan fingerprint density at radius 3 is 2.63 bits per heavy atom. The Morgan fingerprint density at radius 1 is 0.833 bits per heavy atom. The van der Waals surface area contributed by atoms with Crippen molar-refractivity contribution in [3.05, 3.63) is 48.2 Å². The van der Waals surface area contributed by atoms with E-state index >= 15 is 0 Å². The molecule has 1 aromatic heterocycles. The number of likely N-dealkylation sites (N-methyl/N-ethyl adjacent to an activating group) is 1. The van der Waals surface area contributed by atoms with E-state index in [0.29, 0.717) is 18.2 Å². The van der Waals surface area contributed by atoms with Crippen LogP contribution in [0.15, 0.2) is 47.6 Å². The highest BCUT2D eigenvalue weighted by Crippen LogP contribution is 2.32. The highest BCUT2D eigenvalue weighted by atomic mass is 16.5. The van der Waals surface area contributed by atoms with E-state index in [1.165, 1.54) is 6.42 Å². The maximum atomic E-state index is 6.31. The molecule has 0 amide bonds. The van der Waals surface area contributed by atoms with Crippen molar-refractivity contribution in [1.29, 1.82) is 0 Å². The van der Waals surface area contributed by atoms with E-state index in [2.05, 4.69) is 27.9 Å². The molecule has 30 heavy (non-hydrogen) atoms. The monoisotopic (exact) mass is 408 g/mol. The molecule has 1 aromatic carbocycles. The normalized spacial score (nSPS) is 19.2. The number of rotatable bonds is 0. The summed E-state index contributed by atoms with van der Waals surface area (Å²) in [5.74, 6) is 3.05. The van der Waals surface area contributed by atoms with Gasteiger partial charge in [0.05, 0.1) is 12.2 Å². The molecule has 0 radical (unpaired) electrons. The summed E-state index contributed by atoms with van der Waals surface area (Å²) in [6.07, 6.45) is 7.35. The van der Waals surface area contributed by atoms with Crippen LogP contribution in [0.25, 0.3) is 0 Å². The third kappa shape index (κ3) is 5.30. The smallest absolute Gasteiger partial charge is 0.230 e. The molecule has 0 aliphatic carbocycles. The Morgan fingerprint density at radius 2 is 1.70 bits per heavy atom. The molecule has 4 rings (SSSR count). The van der Waals surface area contributed by atoms with Crippen LogP contribution in [0.3, 0.4) is 0 Å². The minimum Gasteiger partial charge on any atom is -0.490 e. The number of aliphatic imine (C=N–C) groups is 1. The molecule has 0 atom stereocenters. The standard InChI is InChI=1S/C24H32N4O2/c1-27-15-9-16-28(18-17-27)23-20-10-8-14-26-24(20)30-22-12-5-4-11-21(22)29-19-7-3-2-6-13-25-23/h4-5,8,10-12,14H,2-3,6-7,9,13,15-19H2,1H3. The summed E-state index contributed by atoms with van der Waals surface area (Å²) in [5, 5.41) is 0. The molecule has 0 bridgehead atoms. The second kappa shape index (κ2) is 10.4.